The molecule has 3 aromatic carbocycles. The minimum absolute atomic E-state index is 0.269. The van der Waals surface area contributed by atoms with Crippen LogP contribution < -0.4 is 10.6 Å². The molecular formula is C34H45N3O4. The van der Waals surface area contributed by atoms with Gasteiger partial charge in [-0.15, -0.1) is 0 Å². The Kier molecular flexibility index (Phi) is 11.3. The molecule has 0 aromatic heterocycles. The van der Waals surface area contributed by atoms with Crippen molar-refractivity contribution in [3.63, 3.8) is 0 Å². The molecule has 0 spiro atoms. The minimum Gasteiger partial charge on any atom is -0.444 e. The van der Waals surface area contributed by atoms with Gasteiger partial charge in [0.1, 0.15) is 18.2 Å². The third-order valence-corrected chi connectivity index (χ3v) is 7.03. The molecule has 41 heavy (non-hydrogen) atoms. The summed E-state index contributed by atoms with van der Waals surface area (Å²) >= 11 is 0. The number of anilines is 1. The fourth-order valence-corrected chi connectivity index (χ4v) is 4.73. The Labute approximate surface area is 244 Å². The van der Waals surface area contributed by atoms with Crippen LogP contribution in [0.2, 0.25) is 0 Å². The highest BCUT2D eigenvalue weighted by Crippen LogP contribution is 2.27. The van der Waals surface area contributed by atoms with E-state index in [0.717, 1.165) is 59.6 Å². The maximum atomic E-state index is 14.0. The van der Waals surface area contributed by atoms with E-state index in [1.165, 1.54) is 0 Å². The van der Waals surface area contributed by atoms with Crippen molar-refractivity contribution in [1.29, 1.82) is 0 Å². The first-order valence-electron chi connectivity index (χ1n) is 14.6. The predicted molar refractivity (Wildman–Crippen MR) is 166 cm³/mol. The summed E-state index contributed by atoms with van der Waals surface area (Å²) in [6, 6.07) is 18.7. The SMILES string of the molecule is CCCCCCCN(C(=O)CNC(=O)OC(C)(C)C)C(C(=O)Nc1ccc2ccccc2c1)c1ccc(C)c(C)c1. The summed E-state index contributed by atoms with van der Waals surface area (Å²) in [5.41, 5.74) is 2.84. The molecule has 1 unspecified atom stereocenters. The number of hydrogen-bond acceptors (Lipinski definition) is 4. The van der Waals surface area contributed by atoms with E-state index in [4.69, 9.17) is 4.74 Å². The molecule has 7 nitrogen and oxygen atoms in total. The van der Waals surface area contributed by atoms with Crippen molar-refractivity contribution in [3.05, 3.63) is 77.4 Å². The van der Waals surface area contributed by atoms with Crippen LogP contribution in [0.3, 0.4) is 0 Å². The zero-order valence-electron chi connectivity index (χ0n) is 25.4. The van der Waals surface area contributed by atoms with Crippen LogP contribution in [0, 0.1) is 13.8 Å². The Morgan fingerprint density at radius 3 is 2.24 bits per heavy atom. The fourth-order valence-electron chi connectivity index (χ4n) is 4.73. The van der Waals surface area contributed by atoms with Crippen LogP contribution in [-0.4, -0.2) is 41.5 Å². The first kappa shape index (κ1) is 31.7. The fraction of sp³-hybridized carbons (Fsp3) is 0.441. The second-order valence-corrected chi connectivity index (χ2v) is 11.7. The molecule has 0 heterocycles. The molecule has 0 aliphatic heterocycles. The van der Waals surface area contributed by atoms with E-state index in [1.807, 2.05) is 74.5 Å². The largest absolute Gasteiger partial charge is 0.444 e. The third kappa shape index (κ3) is 9.62. The molecule has 0 saturated heterocycles. The molecule has 2 N–H and O–H groups in total. The van der Waals surface area contributed by atoms with Crippen LogP contribution in [0.25, 0.3) is 10.8 Å². The Balaban J connectivity index is 1.93. The highest BCUT2D eigenvalue weighted by molar-refractivity contribution is 6.00. The van der Waals surface area contributed by atoms with Gasteiger partial charge in [-0.1, -0.05) is 81.1 Å². The summed E-state index contributed by atoms with van der Waals surface area (Å²) in [5.74, 6) is -0.647. The van der Waals surface area contributed by atoms with Crippen LogP contribution in [0.4, 0.5) is 10.5 Å². The number of hydrogen-bond donors (Lipinski definition) is 2. The second-order valence-electron chi connectivity index (χ2n) is 11.7. The van der Waals surface area contributed by atoms with E-state index in [0.29, 0.717) is 12.2 Å². The van der Waals surface area contributed by atoms with Gasteiger partial charge in [0, 0.05) is 12.2 Å². The first-order valence-corrected chi connectivity index (χ1v) is 14.6. The lowest BCUT2D eigenvalue weighted by atomic mass is 9.98. The summed E-state index contributed by atoms with van der Waals surface area (Å²) in [7, 11) is 0. The van der Waals surface area contributed by atoms with Gasteiger partial charge in [0.2, 0.25) is 5.91 Å². The molecule has 0 fully saturated rings. The highest BCUT2D eigenvalue weighted by atomic mass is 16.6. The van der Waals surface area contributed by atoms with Crippen molar-refractivity contribution in [2.24, 2.45) is 0 Å². The van der Waals surface area contributed by atoms with Gasteiger partial charge in [-0.25, -0.2) is 4.79 Å². The third-order valence-electron chi connectivity index (χ3n) is 7.03. The summed E-state index contributed by atoms with van der Waals surface area (Å²) in [5, 5.41) is 7.74. The zero-order valence-corrected chi connectivity index (χ0v) is 25.4. The lowest BCUT2D eigenvalue weighted by molar-refractivity contribution is -0.138. The maximum Gasteiger partial charge on any atom is 0.408 e. The standard InChI is InChI=1S/C34H45N3O4/c1-7-8-9-10-13-20-37(30(38)23-35-33(40)41-34(4,5)6)31(28-17-16-24(2)25(3)21-28)32(39)36-29-19-18-26-14-11-12-15-27(26)22-29/h11-12,14-19,21-22,31H,7-10,13,20,23H2,1-6H3,(H,35,40)(H,36,39). The number of benzene rings is 3. The van der Waals surface area contributed by atoms with E-state index in [9.17, 15) is 14.4 Å². The van der Waals surface area contributed by atoms with Crippen molar-refractivity contribution in [2.75, 3.05) is 18.4 Å². The van der Waals surface area contributed by atoms with Gasteiger partial charge in [-0.05, 0) is 80.6 Å². The summed E-state index contributed by atoms with van der Waals surface area (Å²) in [4.78, 5) is 41.7. The van der Waals surface area contributed by atoms with Gasteiger partial charge in [0.15, 0.2) is 0 Å². The molecule has 1 atom stereocenters. The normalized spacial score (nSPS) is 12.0. The quantitative estimate of drug-likeness (QED) is 0.226. The monoisotopic (exact) mass is 559 g/mol. The van der Waals surface area contributed by atoms with Gasteiger partial charge < -0.3 is 20.3 Å². The van der Waals surface area contributed by atoms with E-state index in [2.05, 4.69) is 17.6 Å². The van der Waals surface area contributed by atoms with E-state index < -0.39 is 17.7 Å². The van der Waals surface area contributed by atoms with Crippen molar-refractivity contribution in [2.45, 2.75) is 85.3 Å². The minimum atomic E-state index is -0.875. The highest BCUT2D eigenvalue weighted by Gasteiger charge is 2.32. The average Bonchev–Trinajstić information content (AvgIpc) is 2.91. The van der Waals surface area contributed by atoms with Gasteiger partial charge in [-0.3, -0.25) is 9.59 Å². The van der Waals surface area contributed by atoms with Crippen molar-refractivity contribution in [1.82, 2.24) is 10.2 Å². The van der Waals surface area contributed by atoms with Crippen molar-refractivity contribution < 1.29 is 19.1 Å². The number of aryl methyl sites for hydroxylation is 2. The Bertz CT molecular complexity index is 1350. The zero-order chi connectivity index (χ0) is 30.0. The molecule has 0 radical (unpaired) electrons. The number of carbonyl (C=O) groups excluding carboxylic acids is 3. The van der Waals surface area contributed by atoms with Crippen LogP contribution >= 0.6 is 0 Å². The van der Waals surface area contributed by atoms with E-state index in [1.54, 1.807) is 25.7 Å². The lowest BCUT2D eigenvalue weighted by Gasteiger charge is -2.32. The van der Waals surface area contributed by atoms with Crippen LogP contribution in [0.5, 0.6) is 0 Å². The van der Waals surface area contributed by atoms with Gasteiger partial charge >= 0.3 is 6.09 Å². The molecule has 0 aliphatic rings. The molecule has 3 aromatic rings. The van der Waals surface area contributed by atoms with E-state index in [-0.39, 0.29) is 18.4 Å². The molecule has 3 amide bonds. The molecule has 7 heteroatoms. The first-order chi connectivity index (χ1) is 19.5. The second kappa shape index (κ2) is 14.7. The number of nitrogens with one attached hydrogen (secondary N) is 2. The molecule has 3 rings (SSSR count). The lowest BCUT2D eigenvalue weighted by Crippen LogP contribution is -2.47. The number of carbonyl (C=O) groups is 3. The summed E-state index contributed by atoms with van der Waals surface area (Å²) in [6.45, 7) is 11.6. The number of unbranched alkanes of at least 4 members (excludes halogenated alkanes) is 4. The molecule has 220 valence electrons. The molecular weight excluding hydrogens is 514 g/mol. The van der Waals surface area contributed by atoms with E-state index >= 15 is 0 Å². The number of rotatable bonds is 12. The van der Waals surface area contributed by atoms with Crippen LogP contribution in [0.15, 0.2) is 60.7 Å². The Morgan fingerprint density at radius 2 is 1.56 bits per heavy atom. The molecule has 0 bridgehead atoms. The van der Waals surface area contributed by atoms with Gasteiger partial charge in [-0.2, -0.15) is 0 Å². The van der Waals surface area contributed by atoms with Crippen molar-refractivity contribution >= 4 is 34.4 Å². The van der Waals surface area contributed by atoms with Crippen LogP contribution in [-0.2, 0) is 14.3 Å². The van der Waals surface area contributed by atoms with Crippen LogP contribution in [0.1, 0.15) is 82.5 Å². The van der Waals surface area contributed by atoms with Gasteiger partial charge in [0.05, 0.1) is 0 Å². The molecule has 0 saturated carbocycles. The smallest absolute Gasteiger partial charge is 0.408 e. The Morgan fingerprint density at radius 1 is 0.854 bits per heavy atom. The molecule has 0 aliphatic carbocycles. The number of nitrogens with zero attached hydrogens (tertiary/aromatic N) is 1. The maximum absolute atomic E-state index is 14.0. The topological polar surface area (TPSA) is 87.7 Å². The van der Waals surface area contributed by atoms with Crippen molar-refractivity contribution in [3.8, 4) is 0 Å². The van der Waals surface area contributed by atoms with Gasteiger partial charge in [0.25, 0.3) is 5.91 Å². The average molecular weight is 560 g/mol. The number of amides is 3. The number of alkyl carbamates (subject to hydrolysis) is 1. The summed E-state index contributed by atoms with van der Waals surface area (Å²) < 4.78 is 5.33. The summed E-state index contributed by atoms with van der Waals surface area (Å²) in [6.07, 6.45) is 4.33. The Hall–Kier alpha value is -3.87. The predicted octanol–water partition coefficient (Wildman–Crippen LogP) is 7.46. The number of ether oxygens (including phenoxy) is 1. The number of fused-ring (bicyclic) bond motifs is 1.